The molecule has 1 aromatic rings. The number of halogens is 1. The number of rotatable bonds is 3. The van der Waals surface area contributed by atoms with Crippen LogP contribution in [0.25, 0.3) is 0 Å². The van der Waals surface area contributed by atoms with E-state index in [4.69, 9.17) is 15.9 Å². The highest BCUT2D eigenvalue weighted by atomic mass is 35.5. The molecule has 0 unspecified atom stereocenters. The molecule has 0 spiro atoms. The van der Waals surface area contributed by atoms with Crippen molar-refractivity contribution in [2.45, 2.75) is 12.5 Å². The Morgan fingerprint density at radius 2 is 1.77 bits per heavy atom. The number of phenols is 1. The quantitative estimate of drug-likeness (QED) is 0.692. The van der Waals surface area contributed by atoms with Crippen LogP contribution in [0.1, 0.15) is 18.0 Å². The van der Waals surface area contributed by atoms with E-state index in [9.17, 15) is 0 Å². The lowest BCUT2D eigenvalue weighted by Gasteiger charge is -2.09. The van der Waals surface area contributed by atoms with Crippen LogP contribution in [0, 0.1) is 0 Å². The topological polar surface area (TPSA) is 66.5 Å². The van der Waals surface area contributed by atoms with E-state index in [1.54, 1.807) is 24.3 Å². The SMILES string of the molecule is Cl.N[C@H](CCO)c1ccc(O)cc1. The molecule has 0 heterocycles. The predicted molar refractivity (Wildman–Crippen MR) is 54.0 cm³/mol. The van der Waals surface area contributed by atoms with E-state index in [1.807, 2.05) is 0 Å². The number of aromatic hydroxyl groups is 1. The summed E-state index contributed by atoms with van der Waals surface area (Å²) in [6.07, 6.45) is 0.546. The van der Waals surface area contributed by atoms with E-state index >= 15 is 0 Å². The van der Waals surface area contributed by atoms with Gasteiger partial charge in [-0.2, -0.15) is 0 Å². The maximum Gasteiger partial charge on any atom is 0.115 e. The van der Waals surface area contributed by atoms with Gasteiger partial charge >= 0.3 is 0 Å². The molecule has 1 atom stereocenters. The molecule has 0 saturated carbocycles. The predicted octanol–water partition coefficient (Wildman–Crippen LogP) is 1.20. The van der Waals surface area contributed by atoms with Gasteiger partial charge in [0.2, 0.25) is 0 Å². The molecule has 3 nitrogen and oxygen atoms in total. The second-order valence-corrected chi connectivity index (χ2v) is 2.71. The molecule has 1 aromatic carbocycles. The standard InChI is InChI=1S/C9H13NO2.ClH/c10-9(5-6-11)7-1-3-8(12)4-2-7;/h1-4,9,11-12H,5-6,10H2;1H/t9-;/m1./s1. The molecule has 74 valence electrons. The molecule has 0 aliphatic rings. The summed E-state index contributed by atoms with van der Waals surface area (Å²) >= 11 is 0. The minimum absolute atomic E-state index is 0. The van der Waals surface area contributed by atoms with Crippen molar-refractivity contribution in [1.29, 1.82) is 0 Å². The molecule has 4 N–H and O–H groups in total. The normalized spacial score (nSPS) is 11.8. The Morgan fingerprint density at radius 1 is 1.23 bits per heavy atom. The Balaban J connectivity index is 0.00000144. The molecule has 1 rings (SSSR count). The molecule has 0 saturated heterocycles. The van der Waals surface area contributed by atoms with Crippen LogP contribution < -0.4 is 5.73 Å². The number of aliphatic hydroxyl groups is 1. The van der Waals surface area contributed by atoms with Gasteiger partial charge in [-0.05, 0) is 24.1 Å². The minimum Gasteiger partial charge on any atom is -0.508 e. The maximum atomic E-state index is 8.98. The highest BCUT2D eigenvalue weighted by molar-refractivity contribution is 5.85. The van der Waals surface area contributed by atoms with E-state index in [-0.39, 0.29) is 30.8 Å². The lowest BCUT2D eigenvalue weighted by atomic mass is 10.1. The fourth-order valence-corrected chi connectivity index (χ4v) is 1.03. The van der Waals surface area contributed by atoms with Crippen molar-refractivity contribution >= 4 is 12.4 Å². The van der Waals surface area contributed by atoms with Crippen LogP contribution in [-0.4, -0.2) is 16.8 Å². The van der Waals surface area contributed by atoms with Gasteiger partial charge in [-0.15, -0.1) is 12.4 Å². The first-order chi connectivity index (χ1) is 5.74. The van der Waals surface area contributed by atoms with Gasteiger partial charge in [-0.25, -0.2) is 0 Å². The number of benzene rings is 1. The molecule has 0 radical (unpaired) electrons. The fourth-order valence-electron chi connectivity index (χ4n) is 1.03. The molecule has 0 aliphatic heterocycles. The van der Waals surface area contributed by atoms with Gasteiger partial charge in [0.25, 0.3) is 0 Å². The summed E-state index contributed by atoms with van der Waals surface area (Å²) in [7, 11) is 0. The van der Waals surface area contributed by atoms with Gasteiger partial charge in [-0.3, -0.25) is 0 Å². The monoisotopic (exact) mass is 203 g/mol. The zero-order chi connectivity index (χ0) is 8.97. The number of nitrogens with two attached hydrogens (primary N) is 1. The van der Waals surface area contributed by atoms with Crippen LogP contribution in [0.3, 0.4) is 0 Å². The number of aliphatic hydroxyl groups excluding tert-OH is 1. The first-order valence-electron chi connectivity index (χ1n) is 3.89. The summed E-state index contributed by atoms with van der Waals surface area (Å²) < 4.78 is 0. The first-order valence-corrected chi connectivity index (χ1v) is 3.89. The Morgan fingerprint density at radius 3 is 2.23 bits per heavy atom. The second-order valence-electron chi connectivity index (χ2n) is 2.71. The Kier molecular flexibility index (Phi) is 5.46. The van der Waals surface area contributed by atoms with Gasteiger partial charge in [0.1, 0.15) is 5.75 Å². The highest BCUT2D eigenvalue weighted by Gasteiger charge is 2.03. The van der Waals surface area contributed by atoms with Crippen LogP contribution in [0.2, 0.25) is 0 Å². The van der Waals surface area contributed by atoms with Crippen LogP contribution in [0.5, 0.6) is 5.75 Å². The molecular weight excluding hydrogens is 190 g/mol. The third kappa shape index (κ3) is 3.63. The smallest absolute Gasteiger partial charge is 0.115 e. The Labute approximate surface area is 83.6 Å². The van der Waals surface area contributed by atoms with Gasteiger partial charge in [0.05, 0.1) is 0 Å². The fraction of sp³-hybridized carbons (Fsp3) is 0.333. The van der Waals surface area contributed by atoms with Crippen LogP contribution >= 0.6 is 12.4 Å². The average molecular weight is 204 g/mol. The molecule has 4 heteroatoms. The third-order valence-electron chi connectivity index (χ3n) is 1.76. The van der Waals surface area contributed by atoms with Gasteiger partial charge in [0.15, 0.2) is 0 Å². The average Bonchev–Trinajstić information content (AvgIpc) is 2.06. The van der Waals surface area contributed by atoms with E-state index in [1.165, 1.54) is 0 Å². The van der Waals surface area contributed by atoms with E-state index < -0.39 is 0 Å². The van der Waals surface area contributed by atoms with Crippen molar-refractivity contribution < 1.29 is 10.2 Å². The van der Waals surface area contributed by atoms with E-state index in [0.29, 0.717) is 6.42 Å². The van der Waals surface area contributed by atoms with Crippen molar-refractivity contribution in [1.82, 2.24) is 0 Å². The molecule has 0 fully saturated rings. The largest absolute Gasteiger partial charge is 0.508 e. The zero-order valence-corrected chi connectivity index (χ0v) is 8.00. The lowest BCUT2D eigenvalue weighted by Crippen LogP contribution is -2.11. The Hall–Kier alpha value is -0.770. The number of hydrogen-bond acceptors (Lipinski definition) is 3. The summed E-state index contributed by atoms with van der Waals surface area (Å²) in [6, 6.07) is 6.56. The van der Waals surface area contributed by atoms with Crippen molar-refractivity contribution in [3.8, 4) is 5.75 Å². The Bertz CT molecular complexity index is 238. The highest BCUT2D eigenvalue weighted by Crippen LogP contribution is 2.16. The van der Waals surface area contributed by atoms with Gasteiger partial charge in [0, 0.05) is 12.6 Å². The third-order valence-corrected chi connectivity index (χ3v) is 1.76. The van der Waals surface area contributed by atoms with E-state index in [2.05, 4.69) is 0 Å². The summed E-state index contributed by atoms with van der Waals surface area (Å²) in [5.41, 5.74) is 6.65. The molecule has 0 aliphatic carbocycles. The van der Waals surface area contributed by atoms with Crippen LogP contribution in [0.4, 0.5) is 0 Å². The zero-order valence-electron chi connectivity index (χ0n) is 7.18. The van der Waals surface area contributed by atoms with Crippen molar-refractivity contribution in [3.05, 3.63) is 29.8 Å². The maximum absolute atomic E-state index is 8.98. The summed E-state index contributed by atoms with van der Waals surface area (Å²) in [5, 5.41) is 17.6. The van der Waals surface area contributed by atoms with Gasteiger partial charge < -0.3 is 15.9 Å². The molecule has 0 aromatic heterocycles. The first kappa shape index (κ1) is 12.2. The van der Waals surface area contributed by atoms with Crippen molar-refractivity contribution in [3.63, 3.8) is 0 Å². The molecule has 13 heavy (non-hydrogen) atoms. The summed E-state index contributed by atoms with van der Waals surface area (Å²) in [6.45, 7) is 0.0854. The van der Waals surface area contributed by atoms with Crippen LogP contribution in [0.15, 0.2) is 24.3 Å². The second kappa shape index (κ2) is 5.80. The molecular formula is C9H14ClNO2. The summed E-state index contributed by atoms with van der Waals surface area (Å²) in [5.74, 6) is 0.231. The van der Waals surface area contributed by atoms with Crippen molar-refractivity contribution in [2.75, 3.05) is 6.61 Å². The van der Waals surface area contributed by atoms with E-state index in [0.717, 1.165) is 5.56 Å². The molecule has 0 bridgehead atoms. The van der Waals surface area contributed by atoms with Crippen LogP contribution in [-0.2, 0) is 0 Å². The van der Waals surface area contributed by atoms with Gasteiger partial charge in [-0.1, -0.05) is 12.1 Å². The number of hydrogen-bond donors (Lipinski definition) is 3. The number of phenolic OH excluding ortho intramolecular Hbond substituents is 1. The molecule has 0 amide bonds. The summed E-state index contributed by atoms with van der Waals surface area (Å²) in [4.78, 5) is 0. The lowest BCUT2D eigenvalue weighted by molar-refractivity contribution is 0.276. The van der Waals surface area contributed by atoms with Crippen molar-refractivity contribution in [2.24, 2.45) is 5.73 Å². The minimum atomic E-state index is -0.143.